The number of benzene rings is 1. The first-order valence-corrected chi connectivity index (χ1v) is 4.18. The van der Waals surface area contributed by atoms with Crippen LogP contribution < -0.4 is 9.47 Å². The van der Waals surface area contributed by atoms with Crippen molar-refractivity contribution in [3.63, 3.8) is 0 Å². The average molecular weight is 228 g/mol. The maximum atomic E-state index is 10.1. The fraction of sp³-hybridized carbons (Fsp3) is 0.250. The summed E-state index contributed by atoms with van der Waals surface area (Å²) in [5.41, 5.74) is 0. The van der Waals surface area contributed by atoms with Gasteiger partial charge < -0.3 is 9.47 Å². The van der Waals surface area contributed by atoms with Crippen LogP contribution >= 0.6 is 0 Å². The van der Waals surface area contributed by atoms with Crippen LogP contribution in [-0.4, -0.2) is 23.3 Å². The van der Waals surface area contributed by atoms with E-state index in [2.05, 4.69) is 0 Å². The van der Waals surface area contributed by atoms with Crippen molar-refractivity contribution in [2.75, 3.05) is 13.5 Å². The van der Waals surface area contributed by atoms with Gasteiger partial charge in [0, 0.05) is 0 Å². The van der Waals surface area contributed by atoms with E-state index < -0.39 is 23.3 Å². The number of nitro groups is 2. The molecule has 0 saturated heterocycles. The molecule has 0 aliphatic carbocycles. The van der Waals surface area contributed by atoms with Crippen molar-refractivity contribution >= 4 is 0 Å². The van der Waals surface area contributed by atoms with E-state index in [1.165, 1.54) is 12.1 Å². The molecule has 0 heterocycles. The third-order valence-electron chi connectivity index (χ3n) is 1.50. The molecule has 0 bridgehead atoms. The van der Waals surface area contributed by atoms with Crippen LogP contribution in [0.4, 0.5) is 0 Å². The molecule has 0 fully saturated rings. The molecule has 8 heteroatoms. The van der Waals surface area contributed by atoms with Crippen molar-refractivity contribution in [1.29, 1.82) is 0 Å². The van der Waals surface area contributed by atoms with Gasteiger partial charge in [0.15, 0.2) is 11.5 Å². The minimum Gasteiger partial charge on any atom is -0.428 e. The molecule has 0 amide bonds. The summed E-state index contributed by atoms with van der Waals surface area (Å²) in [6.45, 7) is -1.45. The molecular weight excluding hydrogens is 220 g/mol. The third kappa shape index (κ3) is 3.78. The highest BCUT2D eigenvalue weighted by molar-refractivity contribution is 5.39. The van der Waals surface area contributed by atoms with Crippen molar-refractivity contribution in [1.82, 2.24) is 0 Å². The fourth-order valence-corrected chi connectivity index (χ4v) is 0.933. The zero-order valence-corrected chi connectivity index (χ0v) is 8.07. The van der Waals surface area contributed by atoms with Gasteiger partial charge in [-0.2, -0.15) is 0 Å². The highest BCUT2D eigenvalue weighted by Gasteiger charge is 2.08. The lowest BCUT2D eigenvalue weighted by Gasteiger charge is -2.07. The number of para-hydroxylation sites is 2. The Morgan fingerprint density at radius 2 is 1.31 bits per heavy atom. The molecule has 0 radical (unpaired) electrons. The van der Waals surface area contributed by atoms with Crippen molar-refractivity contribution in [3.8, 4) is 11.5 Å². The van der Waals surface area contributed by atoms with Crippen LogP contribution in [0.1, 0.15) is 0 Å². The highest BCUT2D eigenvalue weighted by atomic mass is 16.7. The van der Waals surface area contributed by atoms with Crippen LogP contribution in [0.15, 0.2) is 24.3 Å². The van der Waals surface area contributed by atoms with Crippen molar-refractivity contribution < 1.29 is 19.3 Å². The standard InChI is InChI=1S/C8H8N2O6/c11-9(12)5-15-7-3-1-2-4-8(7)16-6-10(13)14/h1-4H,5-6H2. The summed E-state index contributed by atoms with van der Waals surface area (Å²) in [6, 6.07) is 6.01. The summed E-state index contributed by atoms with van der Waals surface area (Å²) in [6.07, 6.45) is 0. The number of hydrogen-bond donors (Lipinski definition) is 0. The van der Waals surface area contributed by atoms with Crippen LogP contribution in [-0.2, 0) is 0 Å². The lowest BCUT2D eigenvalue weighted by atomic mass is 10.3. The topological polar surface area (TPSA) is 105 Å². The zero-order valence-electron chi connectivity index (χ0n) is 8.07. The van der Waals surface area contributed by atoms with Gasteiger partial charge in [-0.3, -0.25) is 20.2 Å². The molecule has 0 aliphatic rings. The van der Waals surface area contributed by atoms with Gasteiger partial charge in [-0.05, 0) is 12.1 Å². The molecule has 86 valence electrons. The maximum absolute atomic E-state index is 10.1. The Labute approximate surface area is 89.7 Å². The Bertz CT molecular complexity index is 357. The second-order valence-electron chi connectivity index (χ2n) is 2.66. The van der Waals surface area contributed by atoms with Gasteiger partial charge in [-0.15, -0.1) is 0 Å². The summed E-state index contributed by atoms with van der Waals surface area (Å²) < 4.78 is 9.57. The van der Waals surface area contributed by atoms with E-state index in [0.29, 0.717) is 0 Å². The van der Waals surface area contributed by atoms with E-state index in [1.807, 2.05) is 0 Å². The van der Waals surface area contributed by atoms with Gasteiger partial charge in [0.1, 0.15) is 0 Å². The fourth-order valence-electron chi connectivity index (χ4n) is 0.933. The molecule has 0 aromatic heterocycles. The molecule has 0 atom stereocenters. The van der Waals surface area contributed by atoms with Gasteiger partial charge in [0.05, 0.1) is 9.85 Å². The molecule has 1 aromatic carbocycles. The van der Waals surface area contributed by atoms with Gasteiger partial charge in [0.2, 0.25) is 0 Å². The van der Waals surface area contributed by atoms with Crippen molar-refractivity contribution in [3.05, 3.63) is 44.5 Å². The van der Waals surface area contributed by atoms with E-state index in [4.69, 9.17) is 9.47 Å². The lowest BCUT2D eigenvalue weighted by Crippen LogP contribution is -2.11. The quantitative estimate of drug-likeness (QED) is 0.407. The Balaban J connectivity index is 2.67. The second kappa shape index (κ2) is 5.49. The monoisotopic (exact) mass is 228 g/mol. The zero-order chi connectivity index (χ0) is 12.0. The predicted molar refractivity (Wildman–Crippen MR) is 51.4 cm³/mol. The summed E-state index contributed by atoms with van der Waals surface area (Å²) in [5.74, 6) is 0.196. The largest absolute Gasteiger partial charge is 0.428 e. The van der Waals surface area contributed by atoms with Crippen LogP contribution in [0.2, 0.25) is 0 Å². The molecule has 1 aromatic rings. The Morgan fingerprint density at radius 3 is 1.62 bits per heavy atom. The van der Waals surface area contributed by atoms with E-state index >= 15 is 0 Å². The van der Waals surface area contributed by atoms with Crippen molar-refractivity contribution in [2.45, 2.75) is 0 Å². The first kappa shape index (κ1) is 11.7. The molecule has 0 unspecified atom stereocenters. The molecule has 0 saturated carbocycles. The summed E-state index contributed by atoms with van der Waals surface area (Å²) in [4.78, 5) is 18.8. The minimum absolute atomic E-state index is 0.0982. The Morgan fingerprint density at radius 1 is 0.938 bits per heavy atom. The van der Waals surface area contributed by atoms with Crippen LogP contribution in [0.25, 0.3) is 0 Å². The molecule has 16 heavy (non-hydrogen) atoms. The van der Waals surface area contributed by atoms with Gasteiger partial charge in [-0.25, -0.2) is 0 Å². The number of nitrogens with zero attached hydrogens (tertiary/aromatic N) is 2. The normalized spacial score (nSPS) is 9.50. The average Bonchev–Trinajstić information content (AvgIpc) is 2.24. The second-order valence-corrected chi connectivity index (χ2v) is 2.66. The highest BCUT2D eigenvalue weighted by Crippen LogP contribution is 2.26. The van der Waals surface area contributed by atoms with Crippen molar-refractivity contribution in [2.24, 2.45) is 0 Å². The lowest BCUT2D eigenvalue weighted by molar-refractivity contribution is -0.516. The first-order valence-electron chi connectivity index (χ1n) is 4.18. The van der Waals surface area contributed by atoms with Gasteiger partial charge in [-0.1, -0.05) is 12.1 Å². The SMILES string of the molecule is O=[N+]([O-])COc1ccccc1OC[N+](=O)[O-]. The molecule has 0 N–H and O–H groups in total. The summed E-state index contributed by atoms with van der Waals surface area (Å²) >= 11 is 0. The molecule has 8 nitrogen and oxygen atoms in total. The molecule has 0 spiro atoms. The predicted octanol–water partition coefficient (Wildman–Crippen LogP) is 0.913. The Hall–Kier alpha value is -2.38. The molecule has 1 rings (SSSR count). The van der Waals surface area contributed by atoms with Crippen LogP contribution in [0, 0.1) is 20.2 Å². The van der Waals surface area contributed by atoms with E-state index in [-0.39, 0.29) is 11.5 Å². The van der Waals surface area contributed by atoms with Gasteiger partial charge >= 0.3 is 13.5 Å². The number of ether oxygens (including phenoxy) is 2. The van der Waals surface area contributed by atoms with Crippen LogP contribution in [0.3, 0.4) is 0 Å². The van der Waals surface area contributed by atoms with Gasteiger partial charge in [0.25, 0.3) is 0 Å². The first-order chi connectivity index (χ1) is 7.59. The Kier molecular flexibility index (Phi) is 4.01. The van der Waals surface area contributed by atoms with E-state index in [9.17, 15) is 20.2 Å². The van der Waals surface area contributed by atoms with E-state index in [1.54, 1.807) is 12.1 Å². The van der Waals surface area contributed by atoms with Crippen LogP contribution in [0.5, 0.6) is 11.5 Å². The summed E-state index contributed by atoms with van der Waals surface area (Å²) in [7, 11) is 0. The number of rotatable bonds is 6. The van der Waals surface area contributed by atoms with E-state index in [0.717, 1.165) is 0 Å². The third-order valence-corrected chi connectivity index (χ3v) is 1.50. The summed E-state index contributed by atoms with van der Waals surface area (Å²) in [5, 5.41) is 20.2. The molecular formula is C8H8N2O6. The smallest absolute Gasteiger partial charge is 0.344 e. The number of hydrogen-bond acceptors (Lipinski definition) is 6. The molecule has 0 aliphatic heterocycles. The maximum Gasteiger partial charge on any atom is 0.344 e. The minimum atomic E-state index is -0.723.